The maximum atomic E-state index is 13.8. The summed E-state index contributed by atoms with van der Waals surface area (Å²) in [7, 11) is 1.52. The van der Waals surface area contributed by atoms with E-state index in [0.29, 0.717) is 33.1 Å². The maximum Gasteiger partial charge on any atom is 0.163 e. The van der Waals surface area contributed by atoms with Crippen LogP contribution in [0.15, 0.2) is 30.9 Å². The number of aromatic nitrogens is 5. The molecule has 4 heterocycles. The summed E-state index contributed by atoms with van der Waals surface area (Å²) < 4.78 is 21.2. The van der Waals surface area contributed by atoms with E-state index in [2.05, 4.69) is 15.0 Å². The third-order valence-corrected chi connectivity index (χ3v) is 6.89. The fourth-order valence-electron chi connectivity index (χ4n) is 4.88. The number of H-pyrrole nitrogens is 1. The molecule has 0 aliphatic heterocycles. The summed E-state index contributed by atoms with van der Waals surface area (Å²) in [5.41, 5.74) is 1.42. The number of aliphatic hydroxyl groups excluding tert-OH is 1. The van der Waals surface area contributed by atoms with Crippen LogP contribution in [0, 0.1) is 11.2 Å². The van der Waals surface area contributed by atoms with Crippen molar-refractivity contribution in [2.45, 2.75) is 44.9 Å². The molecule has 0 aromatic carbocycles. The molecule has 4 aromatic rings. The fraction of sp³-hybridized carbons (Fsp3) is 0.409. The largest absolute Gasteiger partial charge is 0.367 e. The summed E-state index contributed by atoms with van der Waals surface area (Å²) in [6.45, 7) is 2.04. The Bertz CT molecular complexity index is 1270. The van der Waals surface area contributed by atoms with Crippen molar-refractivity contribution >= 4 is 33.7 Å². The average Bonchev–Trinajstić information content (AvgIpc) is 3.33. The molecule has 3 atom stereocenters. The quantitative estimate of drug-likeness (QED) is 0.440. The predicted molar refractivity (Wildman–Crippen MR) is 116 cm³/mol. The van der Waals surface area contributed by atoms with Gasteiger partial charge in [0.2, 0.25) is 0 Å². The van der Waals surface area contributed by atoms with E-state index in [4.69, 9.17) is 21.3 Å². The number of halogens is 2. The van der Waals surface area contributed by atoms with E-state index in [0.717, 1.165) is 31.1 Å². The minimum absolute atomic E-state index is 0.0453. The summed E-state index contributed by atoms with van der Waals surface area (Å²) in [5, 5.41) is 12.5. The first kappa shape index (κ1) is 20.4. The van der Waals surface area contributed by atoms with Gasteiger partial charge in [-0.15, -0.1) is 0 Å². The number of hydrogen-bond donors (Lipinski definition) is 2. The highest BCUT2D eigenvalue weighted by Crippen LogP contribution is 2.48. The molecule has 162 valence electrons. The number of hydrogen-bond acceptors (Lipinski definition) is 5. The Kier molecular flexibility index (Phi) is 4.96. The Balaban J connectivity index is 1.67. The van der Waals surface area contributed by atoms with Crippen LogP contribution in [0.25, 0.3) is 33.5 Å². The molecule has 9 heteroatoms. The second-order valence-corrected chi connectivity index (χ2v) is 8.83. The number of fused-ring (bicyclic) bond motifs is 2. The first-order valence-electron chi connectivity index (χ1n) is 10.3. The topological polar surface area (TPSA) is 88.9 Å². The fourth-order valence-corrected chi connectivity index (χ4v) is 5.11. The van der Waals surface area contributed by atoms with Crippen LogP contribution in [0.1, 0.15) is 38.6 Å². The highest BCUT2D eigenvalue weighted by atomic mass is 35.5. The Hall–Kier alpha value is -2.55. The molecular formula is C22H23ClFN5O2. The van der Waals surface area contributed by atoms with Gasteiger partial charge in [-0.2, -0.15) is 0 Å². The van der Waals surface area contributed by atoms with Gasteiger partial charge in [-0.05, 0) is 18.9 Å². The van der Waals surface area contributed by atoms with E-state index >= 15 is 0 Å². The van der Waals surface area contributed by atoms with Crippen molar-refractivity contribution in [2.24, 2.45) is 5.41 Å². The number of aliphatic hydroxyl groups is 1. The number of aromatic amines is 1. The molecule has 2 N–H and O–H groups in total. The molecule has 5 rings (SSSR count). The molecule has 0 saturated heterocycles. The Labute approximate surface area is 183 Å². The second-order valence-electron chi connectivity index (χ2n) is 8.42. The van der Waals surface area contributed by atoms with Gasteiger partial charge in [0.05, 0.1) is 16.6 Å². The van der Waals surface area contributed by atoms with Crippen molar-refractivity contribution in [1.29, 1.82) is 0 Å². The zero-order valence-electron chi connectivity index (χ0n) is 17.3. The van der Waals surface area contributed by atoms with E-state index in [9.17, 15) is 9.50 Å². The van der Waals surface area contributed by atoms with Gasteiger partial charge in [-0.3, -0.25) is 0 Å². The van der Waals surface area contributed by atoms with Crippen molar-refractivity contribution in [3.8, 4) is 11.4 Å². The molecule has 31 heavy (non-hydrogen) atoms. The molecule has 0 radical (unpaired) electrons. The molecule has 1 fully saturated rings. The van der Waals surface area contributed by atoms with Crippen molar-refractivity contribution in [3.05, 3.63) is 41.7 Å². The highest BCUT2D eigenvalue weighted by Gasteiger charge is 2.44. The number of ether oxygens (including phenoxy) is 1. The van der Waals surface area contributed by atoms with Crippen LogP contribution in [-0.2, 0) is 4.74 Å². The molecule has 1 aliphatic rings. The number of nitrogens with zero attached hydrogens (tertiary/aromatic N) is 4. The van der Waals surface area contributed by atoms with Crippen LogP contribution in [0.4, 0.5) is 4.39 Å². The SMILES string of the molecule is COC(O)[C@@]1(C)CCCC[C@H]1n1cc(Cl)c2cnc(-c3c[nH]c4ncc(F)cc34)nc21. The van der Waals surface area contributed by atoms with E-state index in [1.807, 2.05) is 17.7 Å². The van der Waals surface area contributed by atoms with E-state index in [1.54, 1.807) is 12.4 Å². The summed E-state index contributed by atoms with van der Waals surface area (Å²) in [6, 6.07) is 1.37. The van der Waals surface area contributed by atoms with Gasteiger partial charge >= 0.3 is 0 Å². The monoisotopic (exact) mass is 443 g/mol. The first-order valence-corrected chi connectivity index (χ1v) is 10.7. The molecule has 1 saturated carbocycles. The zero-order valence-corrected chi connectivity index (χ0v) is 18.0. The third-order valence-electron chi connectivity index (χ3n) is 6.59. The van der Waals surface area contributed by atoms with Gasteiger partial charge in [0, 0.05) is 48.1 Å². The third kappa shape index (κ3) is 3.21. The lowest BCUT2D eigenvalue weighted by Gasteiger charge is -2.44. The zero-order chi connectivity index (χ0) is 21.8. The van der Waals surface area contributed by atoms with Crippen LogP contribution < -0.4 is 0 Å². The Morgan fingerprint density at radius 2 is 2.16 bits per heavy atom. The number of pyridine rings is 1. The van der Waals surface area contributed by atoms with Gasteiger partial charge in [0.25, 0.3) is 0 Å². The predicted octanol–water partition coefficient (Wildman–Crippen LogP) is 4.85. The van der Waals surface area contributed by atoms with E-state index < -0.39 is 17.5 Å². The summed E-state index contributed by atoms with van der Waals surface area (Å²) in [6.07, 6.45) is 9.31. The Morgan fingerprint density at radius 1 is 1.32 bits per heavy atom. The normalized spacial score (nSPS) is 22.9. The second kappa shape index (κ2) is 7.55. The lowest BCUT2D eigenvalue weighted by molar-refractivity contribution is -0.178. The molecular weight excluding hydrogens is 421 g/mol. The van der Waals surface area contributed by atoms with Crippen LogP contribution in [0.5, 0.6) is 0 Å². The number of nitrogens with one attached hydrogen (secondary N) is 1. The molecule has 4 aromatic heterocycles. The number of rotatable bonds is 4. The summed E-state index contributed by atoms with van der Waals surface area (Å²) in [5.74, 6) is 0.0272. The van der Waals surface area contributed by atoms with Crippen LogP contribution in [-0.4, -0.2) is 43.0 Å². The van der Waals surface area contributed by atoms with Crippen molar-refractivity contribution < 1.29 is 14.2 Å². The average molecular weight is 444 g/mol. The lowest BCUT2D eigenvalue weighted by Crippen LogP contribution is -2.43. The molecule has 0 amide bonds. The molecule has 0 bridgehead atoms. The summed E-state index contributed by atoms with van der Waals surface area (Å²) in [4.78, 5) is 16.4. The minimum atomic E-state index is -0.905. The van der Waals surface area contributed by atoms with Crippen molar-refractivity contribution in [1.82, 2.24) is 24.5 Å². The van der Waals surface area contributed by atoms with Crippen molar-refractivity contribution in [3.63, 3.8) is 0 Å². The minimum Gasteiger partial charge on any atom is -0.367 e. The lowest BCUT2D eigenvalue weighted by atomic mass is 9.71. The standard InChI is InChI=1S/C22H23ClFN5O2/c1-22(21(30)31-2)6-4-3-5-17(22)29-11-16(23)15-10-27-19(28-20(15)29)14-9-26-18-13(14)7-12(24)8-25-18/h7-11,17,21,30H,3-6H2,1-2H3,(H,25,26)/t17-,21?,22+/m1/s1. The first-order chi connectivity index (χ1) is 14.9. The van der Waals surface area contributed by atoms with E-state index in [-0.39, 0.29) is 6.04 Å². The van der Waals surface area contributed by atoms with Gasteiger partial charge in [-0.25, -0.2) is 19.3 Å². The highest BCUT2D eigenvalue weighted by molar-refractivity contribution is 6.35. The van der Waals surface area contributed by atoms with Crippen LogP contribution in [0.3, 0.4) is 0 Å². The maximum absolute atomic E-state index is 13.8. The van der Waals surface area contributed by atoms with Crippen LogP contribution >= 0.6 is 11.6 Å². The van der Waals surface area contributed by atoms with E-state index in [1.165, 1.54) is 19.4 Å². The Morgan fingerprint density at radius 3 is 2.97 bits per heavy atom. The van der Waals surface area contributed by atoms with Crippen LogP contribution in [0.2, 0.25) is 5.02 Å². The van der Waals surface area contributed by atoms with Gasteiger partial charge in [0.1, 0.15) is 17.1 Å². The molecule has 7 nitrogen and oxygen atoms in total. The molecule has 0 spiro atoms. The van der Waals surface area contributed by atoms with Gasteiger partial charge in [-0.1, -0.05) is 31.4 Å². The molecule has 1 unspecified atom stereocenters. The number of methoxy groups -OCH3 is 1. The molecule has 1 aliphatic carbocycles. The van der Waals surface area contributed by atoms with Gasteiger partial charge < -0.3 is 19.4 Å². The smallest absolute Gasteiger partial charge is 0.163 e. The van der Waals surface area contributed by atoms with Crippen molar-refractivity contribution in [2.75, 3.05) is 7.11 Å². The van der Waals surface area contributed by atoms with Gasteiger partial charge in [0.15, 0.2) is 12.1 Å². The summed E-state index contributed by atoms with van der Waals surface area (Å²) >= 11 is 6.54.